The molecule has 0 amide bonds. The molecule has 3 saturated heterocycles. The highest BCUT2D eigenvalue weighted by Crippen LogP contribution is 2.40. The van der Waals surface area contributed by atoms with Crippen LogP contribution < -0.4 is 0 Å². The van der Waals surface area contributed by atoms with Gasteiger partial charge in [-0.15, -0.1) is 0 Å². The summed E-state index contributed by atoms with van der Waals surface area (Å²) in [5.74, 6) is 0.209. The van der Waals surface area contributed by atoms with Gasteiger partial charge < -0.3 is 47.7 Å². The third-order valence-electron chi connectivity index (χ3n) is 13.6. The first-order chi connectivity index (χ1) is 30.2. The lowest BCUT2D eigenvalue weighted by molar-refractivity contribution is -0.350. The Bertz CT molecular complexity index is 1850. The predicted molar refractivity (Wildman–Crippen MR) is 236 cm³/mol. The summed E-state index contributed by atoms with van der Waals surface area (Å²) in [4.78, 5) is 0. The third kappa shape index (κ3) is 12.0. The van der Waals surface area contributed by atoms with Gasteiger partial charge >= 0.3 is 0 Å². The van der Waals surface area contributed by atoms with Gasteiger partial charge in [-0.1, -0.05) is 163 Å². The van der Waals surface area contributed by atoms with Gasteiger partial charge in [0.05, 0.1) is 64.6 Å². The second-order valence-electron chi connectivity index (χ2n) is 17.7. The number of rotatable bonds is 19. The molecule has 10 heteroatoms. The van der Waals surface area contributed by atoms with E-state index in [0.29, 0.717) is 33.0 Å². The number of aliphatic hydroxyl groups is 1. The summed E-state index contributed by atoms with van der Waals surface area (Å²) in [6.07, 6.45) is -4.26. The summed E-state index contributed by atoms with van der Waals surface area (Å²) in [7, 11) is 0. The minimum absolute atomic E-state index is 0.00281. The summed E-state index contributed by atoms with van der Waals surface area (Å²) in [6.45, 7) is 15.1. The van der Waals surface area contributed by atoms with Gasteiger partial charge in [0, 0.05) is 5.92 Å². The molecular weight excluding hydrogens is 785 g/mol. The van der Waals surface area contributed by atoms with Gasteiger partial charge in [0.2, 0.25) is 0 Å². The van der Waals surface area contributed by atoms with Crippen LogP contribution in [-0.2, 0) is 69.1 Å². The van der Waals surface area contributed by atoms with E-state index < -0.39 is 37.2 Å². The highest BCUT2D eigenvalue weighted by molar-refractivity contribution is 5.16. The Morgan fingerprint density at radius 1 is 0.387 bits per heavy atom. The zero-order valence-electron chi connectivity index (χ0n) is 37.3. The Morgan fingerprint density at radius 2 is 0.806 bits per heavy atom. The summed E-state index contributed by atoms with van der Waals surface area (Å²) in [6, 6.07) is 40.6. The van der Waals surface area contributed by atoms with Crippen LogP contribution in [0.4, 0.5) is 0 Å². The van der Waals surface area contributed by atoms with Crippen molar-refractivity contribution in [1.82, 2.24) is 0 Å². The predicted octanol–water partition coefficient (Wildman–Crippen LogP) is 8.98. The van der Waals surface area contributed by atoms with Crippen LogP contribution >= 0.6 is 0 Å². The lowest BCUT2D eigenvalue weighted by atomic mass is 9.82. The Morgan fingerprint density at radius 3 is 1.32 bits per heavy atom. The topological polar surface area (TPSA) is 103 Å². The molecule has 3 fully saturated rings. The fourth-order valence-electron chi connectivity index (χ4n) is 8.92. The maximum Gasteiger partial charge on any atom is 0.184 e. The average Bonchev–Trinajstić information content (AvgIpc) is 3.30. The van der Waals surface area contributed by atoms with E-state index in [1.54, 1.807) is 0 Å². The molecule has 6 unspecified atom stereocenters. The minimum Gasteiger partial charge on any atom is -0.394 e. The van der Waals surface area contributed by atoms with Crippen molar-refractivity contribution in [3.63, 3.8) is 0 Å². The highest BCUT2D eigenvalue weighted by atomic mass is 16.7. The number of hydrogen-bond acceptors (Lipinski definition) is 10. The molecule has 4 aromatic carbocycles. The van der Waals surface area contributed by atoms with E-state index in [9.17, 15) is 5.11 Å². The summed E-state index contributed by atoms with van der Waals surface area (Å²) in [5, 5.41) is 10.3. The fraction of sp³-hybridized carbons (Fsp3) is 0.538. The van der Waals surface area contributed by atoms with E-state index in [2.05, 4.69) is 90.1 Å². The van der Waals surface area contributed by atoms with Crippen LogP contribution in [0.3, 0.4) is 0 Å². The average molecular weight is 853 g/mol. The van der Waals surface area contributed by atoms with Crippen LogP contribution in [0.25, 0.3) is 0 Å². The summed E-state index contributed by atoms with van der Waals surface area (Å²) < 4.78 is 60.3. The molecule has 0 spiro atoms. The molecule has 62 heavy (non-hydrogen) atoms. The van der Waals surface area contributed by atoms with Gasteiger partial charge in [0.15, 0.2) is 18.9 Å². The Labute approximate surface area is 369 Å². The Hall–Kier alpha value is -3.52. The van der Waals surface area contributed by atoms with Crippen molar-refractivity contribution in [2.45, 2.75) is 123 Å². The van der Waals surface area contributed by atoms with Crippen LogP contribution in [0, 0.1) is 35.5 Å². The first-order valence-electron chi connectivity index (χ1n) is 22.6. The number of aliphatic hydroxyl groups excluding tert-OH is 1. The van der Waals surface area contributed by atoms with Crippen molar-refractivity contribution in [3.05, 3.63) is 144 Å². The van der Waals surface area contributed by atoms with Crippen molar-refractivity contribution in [2.24, 2.45) is 35.5 Å². The molecule has 3 aliphatic rings. The molecule has 336 valence electrons. The minimum atomic E-state index is -0.748. The molecule has 0 aliphatic carbocycles. The monoisotopic (exact) mass is 852 g/mol. The summed E-state index contributed by atoms with van der Waals surface area (Å²) in [5.41, 5.74) is 4.31. The molecule has 10 nitrogen and oxygen atoms in total. The molecule has 0 bridgehead atoms. The Balaban J connectivity index is 1.10. The zero-order valence-corrected chi connectivity index (χ0v) is 37.3. The molecule has 3 aliphatic heterocycles. The van der Waals surface area contributed by atoms with Gasteiger partial charge in [-0.3, -0.25) is 0 Å². The van der Waals surface area contributed by atoms with Crippen molar-refractivity contribution in [3.8, 4) is 0 Å². The van der Waals surface area contributed by atoms with Crippen LogP contribution in [0.15, 0.2) is 121 Å². The standard InChI is InChI=1S/C52H68O10/c1-34-36(3)48(55-29-41-21-13-8-14-22-41)51(59-44(34)27-53)58-33-45-35(2)37(4)49(56-30-42-23-15-9-16-24-42)52(60-45)62-47-38(5)39(6)50(57-31-43-25-17-10-18-26-43)61-46(47)32-54-28-40-19-11-7-12-20-40/h7-26,34-39,44-53H,27-33H2,1-6H3/t34-,35-,36-,37-,38-,39?,44?,45?,46?,47-,48?,49?,50+,51-,52-/m0/s1. The van der Waals surface area contributed by atoms with E-state index in [1.165, 1.54) is 0 Å². The van der Waals surface area contributed by atoms with Crippen LogP contribution in [0.5, 0.6) is 0 Å². The maximum atomic E-state index is 10.3. The largest absolute Gasteiger partial charge is 0.394 e. The summed E-state index contributed by atoms with van der Waals surface area (Å²) >= 11 is 0. The molecule has 0 aromatic heterocycles. The lowest BCUT2D eigenvalue weighted by Gasteiger charge is -2.49. The third-order valence-corrected chi connectivity index (χ3v) is 13.6. The van der Waals surface area contributed by atoms with E-state index >= 15 is 0 Å². The molecule has 7 rings (SSSR count). The lowest BCUT2D eigenvalue weighted by Crippen LogP contribution is -2.59. The van der Waals surface area contributed by atoms with Gasteiger partial charge in [-0.25, -0.2) is 0 Å². The van der Waals surface area contributed by atoms with E-state index in [0.717, 1.165) is 22.3 Å². The van der Waals surface area contributed by atoms with Crippen molar-refractivity contribution in [1.29, 1.82) is 0 Å². The van der Waals surface area contributed by atoms with Crippen molar-refractivity contribution >= 4 is 0 Å². The molecule has 0 radical (unpaired) electrons. The Kier molecular flexibility index (Phi) is 17.2. The van der Waals surface area contributed by atoms with Gasteiger partial charge in [-0.2, -0.15) is 0 Å². The van der Waals surface area contributed by atoms with Gasteiger partial charge in [0.1, 0.15) is 18.3 Å². The fourth-order valence-corrected chi connectivity index (χ4v) is 8.92. The van der Waals surface area contributed by atoms with Crippen LogP contribution in [0.1, 0.15) is 63.8 Å². The van der Waals surface area contributed by atoms with Crippen molar-refractivity contribution < 1.29 is 47.7 Å². The molecule has 15 atom stereocenters. The first-order valence-corrected chi connectivity index (χ1v) is 22.6. The second kappa shape index (κ2) is 22.9. The molecule has 4 aromatic rings. The van der Waals surface area contributed by atoms with Gasteiger partial charge in [-0.05, 0) is 51.8 Å². The quantitative estimate of drug-likeness (QED) is 0.0984. The maximum absolute atomic E-state index is 10.3. The zero-order chi connectivity index (χ0) is 43.4. The SMILES string of the molecule is CC1[C@H](OCc2ccccc2)OC(COCc2ccccc2)[C@@H](O[C@@H]2OC(CO[C@H]3OC(CO)[C@@H](C)[C@H](C)C3OCc3ccccc3)[C@@H](C)[C@H](C)C2OCc2ccccc2)[C@H]1C. The smallest absolute Gasteiger partial charge is 0.184 e. The highest BCUT2D eigenvalue weighted by Gasteiger charge is 2.50. The molecule has 3 heterocycles. The first kappa shape index (κ1) is 46.5. The molecular formula is C52H68O10. The normalized spacial score (nSPS) is 33.9. The van der Waals surface area contributed by atoms with Crippen LogP contribution in [-0.4, -0.2) is 80.4 Å². The second-order valence-corrected chi connectivity index (χ2v) is 17.7. The molecule has 1 N–H and O–H groups in total. The van der Waals surface area contributed by atoms with E-state index in [-0.39, 0.29) is 67.0 Å². The van der Waals surface area contributed by atoms with Crippen LogP contribution in [0.2, 0.25) is 0 Å². The number of ether oxygens (including phenoxy) is 9. The number of hydrogen-bond donors (Lipinski definition) is 1. The van der Waals surface area contributed by atoms with E-state index in [4.69, 9.17) is 42.6 Å². The van der Waals surface area contributed by atoms with E-state index in [1.807, 2.05) is 72.8 Å². The molecule has 0 saturated carbocycles. The van der Waals surface area contributed by atoms with Crippen molar-refractivity contribution in [2.75, 3.05) is 19.8 Å². The number of benzene rings is 4. The van der Waals surface area contributed by atoms with Gasteiger partial charge in [0.25, 0.3) is 0 Å².